The molecule has 17 heavy (non-hydrogen) atoms. The summed E-state index contributed by atoms with van der Waals surface area (Å²) < 4.78 is 10.1. The first kappa shape index (κ1) is 14.8. The maximum atomic E-state index is 9.69. The maximum absolute atomic E-state index is 9.69. The number of hydrogen-bond donors (Lipinski definition) is 5. The van der Waals surface area contributed by atoms with Gasteiger partial charge in [-0.3, -0.25) is 0 Å². The Labute approximate surface area is 99.2 Å². The van der Waals surface area contributed by atoms with E-state index in [0.29, 0.717) is 12.8 Å². The summed E-state index contributed by atoms with van der Waals surface area (Å²) in [5.41, 5.74) is 0. The fourth-order valence-electron chi connectivity index (χ4n) is 1.69. The van der Waals surface area contributed by atoms with E-state index >= 15 is 0 Å². The molecule has 102 valence electrons. The van der Waals surface area contributed by atoms with Crippen LogP contribution < -0.4 is 0 Å². The Balaban J connectivity index is 2.43. The molecule has 1 unspecified atom stereocenters. The molecule has 5 N–H and O–H groups in total. The van der Waals surface area contributed by atoms with Crippen LogP contribution in [0.2, 0.25) is 0 Å². The molecule has 1 rings (SSSR count). The first-order valence-electron chi connectivity index (χ1n) is 5.64. The summed E-state index contributed by atoms with van der Waals surface area (Å²) in [6.45, 7) is -0.212. The molecule has 1 aliphatic heterocycles. The molecule has 5 atom stereocenters. The summed E-state index contributed by atoms with van der Waals surface area (Å²) in [5, 5.41) is 46.2. The number of rotatable bonds is 6. The van der Waals surface area contributed by atoms with E-state index in [4.69, 9.17) is 19.7 Å². The van der Waals surface area contributed by atoms with Crippen molar-refractivity contribution in [1.29, 1.82) is 0 Å². The Hall–Kier alpha value is -0.280. The highest BCUT2D eigenvalue weighted by Crippen LogP contribution is 2.22. The van der Waals surface area contributed by atoms with Gasteiger partial charge in [0, 0.05) is 13.2 Å². The Bertz CT molecular complexity index is 213. The topological polar surface area (TPSA) is 120 Å². The van der Waals surface area contributed by atoms with Crippen molar-refractivity contribution in [2.24, 2.45) is 0 Å². The molecule has 0 aliphatic carbocycles. The number of ether oxygens (including phenoxy) is 2. The molecule has 0 amide bonds. The van der Waals surface area contributed by atoms with Crippen molar-refractivity contribution in [3.63, 3.8) is 0 Å². The van der Waals surface area contributed by atoms with Crippen LogP contribution >= 0.6 is 0 Å². The van der Waals surface area contributed by atoms with E-state index < -0.39 is 37.3 Å². The van der Waals surface area contributed by atoms with Crippen molar-refractivity contribution in [3.05, 3.63) is 0 Å². The van der Waals surface area contributed by atoms with Gasteiger partial charge >= 0.3 is 0 Å². The minimum absolute atomic E-state index is 0.0465. The summed E-state index contributed by atoms with van der Waals surface area (Å²) in [7, 11) is 0. The molecule has 1 heterocycles. The number of aliphatic hydroxyl groups is 5. The fourth-order valence-corrected chi connectivity index (χ4v) is 1.69. The molecule has 0 aromatic carbocycles. The van der Waals surface area contributed by atoms with Gasteiger partial charge in [0.2, 0.25) is 0 Å². The second-order valence-corrected chi connectivity index (χ2v) is 3.99. The molecule has 0 aromatic rings. The zero-order chi connectivity index (χ0) is 12.8. The Morgan fingerprint density at radius 3 is 2.29 bits per heavy atom. The van der Waals surface area contributed by atoms with E-state index in [1.807, 2.05) is 0 Å². The van der Waals surface area contributed by atoms with Crippen molar-refractivity contribution in [1.82, 2.24) is 0 Å². The van der Waals surface area contributed by atoms with Crippen molar-refractivity contribution in [2.75, 3.05) is 19.8 Å². The Morgan fingerprint density at radius 2 is 1.71 bits per heavy atom. The highest BCUT2D eigenvalue weighted by atomic mass is 16.7. The van der Waals surface area contributed by atoms with Crippen LogP contribution in [0.15, 0.2) is 0 Å². The lowest BCUT2D eigenvalue weighted by Gasteiger charge is -2.39. The van der Waals surface area contributed by atoms with E-state index in [9.17, 15) is 15.3 Å². The molecule has 0 saturated carbocycles. The van der Waals surface area contributed by atoms with E-state index in [-0.39, 0.29) is 13.2 Å². The van der Waals surface area contributed by atoms with Crippen LogP contribution in [0.1, 0.15) is 12.8 Å². The van der Waals surface area contributed by atoms with E-state index in [2.05, 4.69) is 0 Å². The zero-order valence-electron chi connectivity index (χ0n) is 9.47. The van der Waals surface area contributed by atoms with Crippen LogP contribution in [0.4, 0.5) is 0 Å². The number of hydrogen-bond acceptors (Lipinski definition) is 7. The van der Waals surface area contributed by atoms with Crippen LogP contribution in [0.5, 0.6) is 0 Å². The summed E-state index contributed by atoms with van der Waals surface area (Å²) in [6, 6.07) is 0. The molecule has 1 aliphatic rings. The van der Waals surface area contributed by atoms with Gasteiger partial charge in [0.1, 0.15) is 24.4 Å². The molecular weight excluding hydrogens is 232 g/mol. The minimum atomic E-state index is -1.39. The second-order valence-electron chi connectivity index (χ2n) is 3.99. The smallest absolute Gasteiger partial charge is 0.184 e. The van der Waals surface area contributed by atoms with Gasteiger partial charge in [-0.05, 0) is 12.8 Å². The van der Waals surface area contributed by atoms with Gasteiger partial charge in [0.05, 0.1) is 6.61 Å². The van der Waals surface area contributed by atoms with Gasteiger partial charge < -0.3 is 35.0 Å². The summed E-state index contributed by atoms with van der Waals surface area (Å²) in [5.74, 6) is 0. The van der Waals surface area contributed by atoms with Gasteiger partial charge in [0.15, 0.2) is 6.29 Å². The van der Waals surface area contributed by atoms with E-state index in [1.165, 1.54) is 0 Å². The average molecular weight is 252 g/mol. The molecule has 0 bridgehead atoms. The lowest BCUT2D eigenvalue weighted by Crippen LogP contribution is -2.59. The molecule has 1 fully saturated rings. The van der Waals surface area contributed by atoms with Gasteiger partial charge in [-0.2, -0.15) is 0 Å². The predicted molar refractivity (Wildman–Crippen MR) is 56.0 cm³/mol. The second kappa shape index (κ2) is 7.22. The fraction of sp³-hybridized carbons (Fsp3) is 1.00. The standard InChI is InChI=1S/C10H20O7/c11-3-1-2-4-16-9-8(14)7(13)6(5-12)17-10(9)15/h6-15H,1-5H2/t6-,7-,8+,9-,10?/m1/s1. The van der Waals surface area contributed by atoms with Crippen LogP contribution in [0.3, 0.4) is 0 Å². The van der Waals surface area contributed by atoms with Gasteiger partial charge in [0.25, 0.3) is 0 Å². The van der Waals surface area contributed by atoms with Gasteiger partial charge in [-0.25, -0.2) is 0 Å². The lowest BCUT2D eigenvalue weighted by molar-refractivity contribution is -0.296. The van der Waals surface area contributed by atoms with Crippen LogP contribution in [0.25, 0.3) is 0 Å². The highest BCUT2D eigenvalue weighted by Gasteiger charge is 2.44. The van der Waals surface area contributed by atoms with Crippen LogP contribution in [-0.2, 0) is 9.47 Å². The van der Waals surface area contributed by atoms with Crippen LogP contribution in [0, 0.1) is 0 Å². The maximum Gasteiger partial charge on any atom is 0.184 e. The van der Waals surface area contributed by atoms with Gasteiger partial charge in [-0.15, -0.1) is 0 Å². The third-order valence-electron chi connectivity index (χ3n) is 2.71. The monoisotopic (exact) mass is 252 g/mol. The minimum Gasteiger partial charge on any atom is -0.396 e. The molecular formula is C10H20O7. The molecule has 0 spiro atoms. The summed E-state index contributed by atoms with van der Waals surface area (Å²) >= 11 is 0. The Morgan fingerprint density at radius 1 is 1.00 bits per heavy atom. The zero-order valence-corrected chi connectivity index (χ0v) is 9.47. The van der Waals surface area contributed by atoms with E-state index in [1.54, 1.807) is 0 Å². The third-order valence-corrected chi connectivity index (χ3v) is 2.71. The quantitative estimate of drug-likeness (QED) is 0.333. The molecule has 7 heteroatoms. The molecule has 0 radical (unpaired) electrons. The number of aliphatic hydroxyl groups excluding tert-OH is 5. The first-order valence-corrected chi connectivity index (χ1v) is 5.64. The van der Waals surface area contributed by atoms with Gasteiger partial charge in [-0.1, -0.05) is 0 Å². The Kier molecular flexibility index (Phi) is 6.28. The van der Waals surface area contributed by atoms with Crippen molar-refractivity contribution in [2.45, 2.75) is 43.5 Å². The first-order chi connectivity index (χ1) is 8.11. The predicted octanol–water partition coefficient (Wildman–Crippen LogP) is -2.42. The van der Waals surface area contributed by atoms with Crippen molar-refractivity contribution < 1.29 is 35.0 Å². The van der Waals surface area contributed by atoms with Crippen LogP contribution in [-0.4, -0.2) is 76.1 Å². The normalized spacial score (nSPS) is 38.3. The number of unbranched alkanes of at least 4 members (excludes halogenated alkanes) is 1. The van der Waals surface area contributed by atoms with Crippen molar-refractivity contribution >= 4 is 0 Å². The van der Waals surface area contributed by atoms with E-state index in [0.717, 1.165) is 0 Å². The molecule has 1 saturated heterocycles. The lowest BCUT2D eigenvalue weighted by atomic mass is 9.99. The summed E-state index contributed by atoms with van der Waals surface area (Å²) in [6.07, 6.45) is -4.94. The third kappa shape index (κ3) is 3.85. The average Bonchev–Trinajstić information content (AvgIpc) is 2.32. The highest BCUT2D eigenvalue weighted by molar-refractivity contribution is 4.89. The molecule has 7 nitrogen and oxygen atoms in total. The summed E-state index contributed by atoms with van der Waals surface area (Å²) in [4.78, 5) is 0. The molecule has 0 aromatic heterocycles. The van der Waals surface area contributed by atoms with Crippen molar-refractivity contribution in [3.8, 4) is 0 Å². The SMILES string of the molecule is OCCCCO[C@H]1C(O)O[C@H](CO)[C@@H](O)[C@@H]1O. The largest absolute Gasteiger partial charge is 0.396 e.